The van der Waals surface area contributed by atoms with E-state index in [4.69, 9.17) is 26.9 Å². The average molecular weight is 446 g/mol. The predicted octanol–water partition coefficient (Wildman–Crippen LogP) is 1.92. The summed E-state index contributed by atoms with van der Waals surface area (Å²) in [7, 11) is 0. The quantitative estimate of drug-likeness (QED) is 0.265. The molecule has 2 amide bonds. The molecule has 1 unspecified atom stereocenters. The summed E-state index contributed by atoms with van der Waals surface area (Å²) in [4.78, 5) is 42.2. The van der Waals surface area contributed by atoms with Crippen LogP contribution in [0.5, 0.6) is 0 Å². The minimum Gasteiger partial charge on any atom is -0.481 e. The lowest BCUT2D eigenvalue weighted by Gasteiger charge is -2.14. The number of hydrogen-bond acceptors (Lipinski definition) is 5. The van der Waals surface area contributed by atoms with Gasteiger partial charge in [0.15, 0.2) is 0 Å². The summed E-state index contributed by atoms with van der Waals surface area (Å²) in [5.74, 6) is -3.10. The van der Waals surface area contributed by atoms with Gasteiger partial charge in [-0.25, -0.2) is 9.59 Å². The molecule has 0 aliphatic rings. The van der Waals surface area contributed by atoms with E-state index in [-0.39, 0.29) is 12.8 Å². The first-order chi connectivity index (χ1) is 14.1. The van der Waals surface area contributed by atoms with Crippen LogP contribution in [0.15, 0.2) is 24.3 Å². The fourth-order valence-corrected chi connectivity index (χ4v) is 2.31. The molecule has 0 bridgehead atoms. The van der Waals surface area contributed by atoms with E-state index in [2.05, 4.69) is 16.0 Å². The maximum atomic E-state index is 11.4. The van der Waals surface area contributed by atoms with Crippen LogP contribution in [0, 0.1) is 0 Å². The van der Waals surface area contributed by atoms with Crippen LogP contribution >= 0.6 is 11.6 Å². The van der Waals surface area contributed by atoms with E-state index >= 15 is 0 Å². The Morgan fingerprint density at radius 3 is 2.27 bits per heavy atom. The monoisotopic (exact) mass is 445 g/mol. The maximum Gasteiger partial charge on any atom is 0.326 e. The summed E-state index contributed by atoms with van der Waals surface area (Å²) in [5.41, 5.74) is 1.06. The molecule has 1 aromatic carbocycles. The number of carboxylic acids is 3. The van der Waals surface area contributed by atoms with Gasteiger partial charge in [-0.2, -0.15) is 0 Å². The maximum absolute atomic E-state index is 11.4. The Balaban J connectivity index is 0.00000150. The number of carbonyl (C=O) groups excluding carboxylic acids is 1. The van der Waals surface area contributed by atoms with Gasteiger partial charge in [-0.15, -0.1) is 0 Å². The fraction of sp³-hybridized carbons (Fsp3) is 0.474. The van der Waals surface area contributed by atoms with Gasteiger partial charge in [0.2, 0.25) is 0 Å². The molecule has 30 heavy (non-hydrogen) atoms. The van der Waals surface area contributed by atoms with Gasteiger partial charge in [0.05, 0.1) is 0 Å². The van der Waals surface area contributed by atoms with Gasteiger partial charge < -0.3 is 31.3 Å². The minimum absolute atomic E-state index is 0.222. The number of aliphatic carboxylic acids is 3. The second-order valence-electron chi connectivity index (χ2n) is 6.16. The number of nitrogens with one attached hydrogen (secondary N) is 3. The van der Waals surface area contributed by atoms with Crippen molar-refractivity contribution in [3.8, 4) is 0 Å². The Bertz CT molecular complexity index is 700. The van der Waals surface area contributed by atoms with Crippen LogP contribution in [0.1, 0.15) is 38.2 Å². The Kier molecular flexibility index (Phi) is 14.5. The van der Waals surface area contributed by atoms with E-state index in [1.165, 1.54) is 0 Å². The third-order valence-electron chi connectivity index (χ3n) is 3.62. The number of unbranched alkanes of at least 4 members (excludes halogenated alkanes) is 1. The van der Waals surface area contributed by atoms with Crippen molar-refractivity contribution in [2.75, 3.05) is 13.1 Å². The van der Waals surface area contributed by atoms with Gasteiger partial charge in [0.25, 0.3) is 0 Å². The molecule has 0 spiro atoms. The van der Waals surface area contributed by atoms with Crippen molar-refractivity contribution in [3.05, 3.63) is 34.9 Å². The summed E-state index contributed by atoms with van der Waals surface area (Å²) in [5, 5.41) is 33.5. The highest BCUT2D eigenvalue weighted by Gasteiger charge is 2.19. The van der Waals surface area contributed by atoms with Crippen LogP contribution in [0.2, 0.25) is 5.02 Å². The van der Waals surface area contributed by atoms with Crippen molar-refractivity contribution in [1.82, 2.24) is 16.0 Å². The number of carboxylic acid groups (broad SMARTS) is 3. The zero-order valence-electron chi connectivity index (χ0n) is 16.7. The third kappa shape index (κ3) is 15.1. The number of amides is 2. The SMILES string of the molecule is CCC(=O)O.O=C(O)CNC(=O)NC(CCCCNCc1cccc(Cl)c1)C(=O)O. The Labute approximate surface area is 179 Å². The highest BCUT2D eigenvalue weighted by molar-refractivity contribution is 6.30. The van der Waals surface area contributed by atoms with Crippen LogP contribution in [-0.4, -0.2) is 58.4 Å². The highest BCUT2D eigenvalue weighted by atomic mass is 35.5. The lowest BCUT2D eigenvalue weighted by molar-refractivity contribution is -0.139. The Hall–Kier alpha value is -2.85. The molecule has 6 N–H and O–H groups in total. The first kappa shape index (κ1) is 27.1. The number of hydrogen-bond donors (Lipinski definition) is 6. The fourth-order valence-electron chi connectivity index (χ4n) is 2.10. The van der Waals surface area contributed by atoms with E-state index in [0.29, 0.717) is 24.5 Å². The molecular weight excluding hydrogens is 418 g/mol. The van der Waals surface area contributed by atoms with Crippen LogP contribution in [-0.2, 0) is 20.9 Å². The smallest absolute Gasteiger partial charge is 0.326 e. The van der Waals surface area contributed by atoms with E-state index in [1.807, 2.05) is 18.2 Å². The van der Waals surface area contributed by atoms with Crippen LogP contribution in [0.4, 0.5) is 4.79 Å². The molecule has 0 aliphatic carbocycles. The van der Waals surface area contributed by atoms with Crippen LogP contribution in [0.3, 0.4) is 0 Å². The van der Waals surface area contributed by atoms with Crippen molar-refractivity contribution >= 4 is 35.5 Å². The van der Waals surface area contributed by atoms with Gasteiger partial charge in [-0.05, 0) is 43.5 Å². The predicted molar refractivity (Wildman–Crippen MR) is 111 cm³/mol. The molecule has 11 heteroatoms. The molecule has 1 rings (SSSR count). The summed E-state index contributed by atoms with van der Waals surface area (Å²) >= 11 is 5.90. The normalized spacial score (nSPS) is 10.9. The van der Waals surface area contributed by atoms with E-state index in [0.717, 1.165) is 12.0 Å². The number of halogens is 1. The van der Waals surface area contributed by atoms with Gasteiger partial charge >= 0.3 is 23.9 Å². The van der Waals surface area contributed by atoms with Crippen molar-refractivity contribution in [2.45, 2.75) is 45.2 Å². The first-order valence-electron chi connectivity index (χ1n) is 9.31. The zero-order valence-corrected chi connectivity index (χ0v) is 17.4. The van der Waals surface area contributed by atoms with Crippen LogP contribution < -0.4 is 16.0 Å². The molecule has 168 valence electrons. The molecule has 0 radical (unpaired) electrons. The van der Waals surface area contributed by atoms with Crippen molar-refractivity contribution in [3.63, 3.8) is 0 Å². The van der Waals surface area contributed by atoms with Crippen LogP contribution in [0.25, 0.3) is 0 Å². The summed E-state index contributed by atoms with van der Waals surface area (Å²) in [6.45, 7) is 2.40. The Morgan fingerprint density at radius 2 is 1.73 bits per heavy atom. The molecule has 0 aliphatic heterocycles. The average Bonchev–Trinajstić information content (AvgIpc) is 2.68. The number of benzene rings is 1. The summed E-state index contributed by atoms with van der Waals surface area (Å²) in [6.07, 6.45) is 1.82. The zero-order chi connectivity index (χ0) is 22.9. The summed E-state index contributed by atoms with van der Waals surface area (Å²) < 4.78 is 0. The second kappa shape index (κ2) is 16.0. The van der Waals surface area contributed by atoms with Crippen molar-refractivity contribution < 1.29 is 34.5 Å². The molecule has 0 saturated carbocycles. The topological polar surface area (TPSA) is 165 Å². The van der Waals surface area contributed by atoms with E-state index in [9.17, 15) is 19.2 Å². The molecule has 0 fully saturated rings. The molecular formula is C19H28ClN3O7. The molecule has 1 atom stereocenters. The summed E-state index contributed by atoms with van der Waals surface area (Å²) in [6, 6.07) is 5.64. The number of rotatable bonds is 12. The molecule has 0 aromatic heterocycles. The molecule has 0 heterocycles. The molecule has 10 nitrogen and oxygen atoms in total. The van der Waals surface area contributed by atoms with Gasteiger partial charge in [0.1, 0.15) is 12.6 Å². The van der Waals surface area contributed by atoms with Gasteiger partial charge in [-0.3, -0.25) is 9.59 Å². The molecule has 0 saturated heterocycles. The molecule has 1 aromatic rings. The van der Waals surface area contributed by atoms with Gasteiger partial charge in [0, 0.05) is 18.0 Å². The second-order valence-corrected chi connectivity index (χ2v) is 6.60. The number of urea groups is 1. The van der Waals surface area contributed by atoms with Gasteiger partial charge in [-0.1, -0.05) is 30.7 Å². The minimum atomic E-state index is -1.20. The first-order valence-corrected chi connectivity index (χ1v) is 9.69. The third-order valence-corrected chi connectivity index (χ3v) is 3.86. The van der Waals surface area contributed by atoms with Crippen molar-refractivity contribution in [2.24, 2.45) is 0 Å². The largest absolute Gasteiger partial charge is 0.481 e. The highest BCUT2D eigenvalue weighted by Crippen LogP contribution is 2.10. The van der Waals surface area contributed by atoms with E-state index < -0.39 is 36.5 Å². The van der Waals surface area contributed by atoms with Crippen molar-refractivity contribution in [1.29, 1.82) is 0 Å². The standard InChI is InChI=1S/C16H22ClN3O5.C3H6O2/c17-12-5-3-4-11(8-12)9-18-7-2-1-6-13(15(23)24)20-16(25)19-10-14(21)22;1-2-3(4)5/h3-5,8,13,18H,1-2,6-7,9-10H2,(H,21,22)(H,23,24)(H2,19,20,25);2H2,1H3,(H,4,5). The Morgan fingerprint density at radius 1 is 1.07 bits per heavy atom. The number of carbonyl (C=O) groups is 4. The lowest BCUT2D eigenvalue weighted by atomic mass is 10.1. The lowest BCUT2D eigenvalue weighted by Crippen LogP contribution is -2.47. The van der Waals surface area contributed by atoms with E-state index in [1.54, 1.807) is 13.0 Å².